The van der Waals surface area contributed by atoms with Crippen molar-refractivity contribution in [1.29, 1.82) is 0 Å². The lowest BCUT2D eigenvalue weighted by Gasteiger charge is -2.27. The quantitative estimate of drug-likeness (QED) is 0.705. The maximum atomic E-state index is 10.6. The van der Waals surface area contributed by atoms with E-state index in [2.05, 4.69) is 0 Å². The number of hydrogen-bond acceptors (Lipinski definition) is 3. The smallest absolute Gasteiger partial charge is 0.265 e. The summed E-state index contributed by atoms with van der Waals surface area (Å²) in [6, 6.07) is 0. The average molecular weight is 208 g/mol. The summed E-state index contributed by atoms with van der Waals surface area (Å²) in [6.07, 6.45) is 2.55. The molecule has 0 saturated carbocycles. The van der Waals surface area contributed by atoms with E-state index in [1.165, 1.54) is 0 Å². The van der Waals surface area contributed by atoms with Gasteiger partial charge in [0.15, 0.2) is 0 Å². The standard InChI is InChI=1S/C8H16O4S/c1-2-8-5-7(3-4-12-8)6-13(9,10)11/h7-8H,2-6H2,1H3,(H,9,10,11). The van der Waals surface area contributed by atoms with Crippen LogP contribution in [0.15, 0.2) is 0 Å². The second-order valence-electron chi connectivity index (χ2n) is 3.54. The van der Waals surface area contributed by atoms with Crippen LogP contribution in [0.5, 0.6) is 0 Å². The van der Waals surface area contributed by atoms with Crippen LogP contribution in [0, 0.1) is 5.92 Å². The molecular weight excluding hydrogens is 192 g/mol. The molecule has 2 unspecified atom stereocenters. The molecule has 1 aliphatic rings. The molecule has 0 spiro atoms. The van der Waals surface area contributed by atoms with Crippen molar-refractivity contribution in [3.8, 4) is 0 Å². The van der Waals surface area contributed by atoms with Crippen LogP contribution in [0.4, 0.5) is 0 Å². The van der Waals surface area contributed by atoms with Crippen molar-refractivity contribution in [3.63, 3.8) is 0 Å². The van der Waals surface area contributed by atoms with Crippen molar-refractivity contribution in [3.05, 3.63) is 0 Å². The normalized spacial score (nSPS) is 30.3. The molecule has 0 bridgehead atoms. The summed E-state index contributed by atoms with van der Waals surface area (Å²) in [7, 11) is -3.81. The Kier molecular flexibility index (Phi) is 3.70. The summed E-state index contributed by atoms with van der Waals surface area (Å²) in [5.41, 5.74) is 0. The number of hydrogen-bond donors (Lipinski definition) is 1. The Balaban J connectivity index is 2.43. The Morgan fingerprint density at radius 2 is 2.23 bits per heavy atom. The van der Waals surface area contributed by atoms with E-state index in [1.54, 1.807) is 0 Å². The highest BCUT2D eigenvalue weighted by atomic mass is 32.2. The average Bonchev–Trinajstić information content (AvgIpc) is 2.01. The van der Waals surface area contributed by atoms with E-state index in [-0.39, 0.29) is 17.8 Å². The van der Waals surface area contributed by atoms with E-state index in [0.29, 0.717) is 6.61 Å². The molecule has 0 aliphatic carbocycles. The molecule has 1 aliphatic heterocycles. The van der Waals surface area contributed by atoms with E-state index in [9.17, 15) is 8.42 Å². The summed E-state index contributed by atoms with van der Waals surface area (Å²) in [4.78, 5) is 0. The lowest BCUT2D eigenvalue weighted by atomic mass is 9.96. The molecule has 0 aromatic heterocycles. The van der Waals surface area contributed by atoms with Gasteiger partial charge in [0.2, 0.25) is 0 Å². The highest BCUT2D eigenvalue weighted by molar-refractivity contribution is 7.85. The first-order valence-electron chi connectivity index (χ1n) is 4.58. The molecule has 0 aromatic carbocycles. The molecular formula is C8H16O4S. The SMILES string of the molecule is CCC1CC(CS(=O)(=O)O)CCO1. The Hall–Kier alpha value is -0.130. The van der Waals surface area contributed by atoms with Gasteiger partial charge >= 0.3 is 0 Å². The molecule has 1 saturated heterocycles. The van der Waals surface area contributed by atoms with E-state index < -0.39 is 10.1 Å². The van der Waals surface area contributed by atoms with Crippen LogP contribution in [-0.4, -0.2) is 31.4 Å². The van der Waals surface area contributed by atoms with Gasteiger partial charge in [-0.2, -0.15) is 8.42 Å². The van der Waals surface area contributed by atoms with Crippen LogP contribution in [0.1, 0.15) is 26.2 Å². The molecule has 78 valence electrons. The van der Waals surface area contributed by atoms with E-state index in [1.807, 2.05) is 6.92 Å². The highest BCUT2D eigenvalue weighted by Crippen LogP contribution is 2.22. The van der Waals surface area contributed by atoms with Crippen LogP contribution in [0.3, 0.4) is 0 Å². The Labute approximate surface area is 79.0 Å². The third-order valence-electron chi connectivity index (χ3n) is 2.38. The second kappa shape index (κ2) is 4.39. The summed E-state index contributed by atoms with van der Waals surface area (Å²) in [6.45, 7) is 2.62. The van der Waals surface area contributed by atoms with Crippen LogP contribution >= 0.6 is 0 Å². The van der Waals surface area contributed by atoms with Crippen molar-refractivity contribution < 1.29 is 17.7 Å². The van der Waals surface area contributed by atoms with Gasteiger partial charge in [0.1, 0.15) is 0 Å². The zero-order valence-electron chi connectivity index (χ0n) is 7.77. The zero-order valence-corrected chi connectivity index (χ0v) is 8.59. The molecule has 0 aromatic rings. The number of rotatable bonds is 3. The van der Waals surface area contributed by atoms with Crippen molar-refractivity contribution in [1.82, 2.24) is 0 Å². The van der Waals surface area contributed by atoms with Gasteiger partial charge in [-0.1, -0.05) is 6.92 Å². The molecule has 1 heterocycles. The lowest BCUT2D eigenvalue weighted by molar-refractivity contribution is -0.00600. The fourth-order valence-electron chi connectivity index (χ4n) is 1.69. The monoisotopic (exact) mass is 208 g/mol. The molecule has 13 heavy (non-hydrogen) atoms. The Morgan fingerprint density at radius 3 is 2.77 bits per heavy atom. The summed E-state index contributed by atoms with van der Waals surface area (Å²) < 4.78 is 35.3. The van der Waals surface area contributed by atoms with Gasteiger partial charge in [0, 0.05) is 6.61 Å². The van der Waals surface area contributed by atoms with Crippen LogP contribution in [0.2, 0.25) is 0 Å². The van der Waals surface area contributed by atoms with Gasteiger partial charge in [0.05, 0.1) is 11.9 Å². The molecule has 1 fully saturated rings. The zero-order chi connectivity index (χ0) is 9.90. The summed E-state index contributed by atoms with van der Waals surface area (Å²) in [5.74, 6) is -0.0546. The first-order chi connectivity index (χ1) is 6.01. The van der Waals surface area contributed by atoms with Crippen LogP contribution < -0.4 is 0 Å². The molecule has 2 atom stereocenters. The van der Waals surface area contributed by atoms with Crippen molar-refractivity contribution in [2.24, 2.45) is 5.92 Å². The maximum absolute atomic E-state index is 10.6. The predicted octanol–water partition coefficient (Wildman–Crippen LogP) is 1.08. The summed E-state index contributed by atoms with van der Waals surface area (Å²) >= 11 is 0. The third-order valence-corrected chi connectivity index (χ3v) is 3.27. The maximum Gasteiger partial charge on any atom is 0.265 e. The topological polar surface area (TPSA) is 63.6 Å². The summed E-state index contributed by atoms with van der Waals surface area (Å²) in [5, 5.41) is 0. The van der Waals surface area contributed by atoms with Crippen molar-refractivity contribution in [2.75, 3.05) is 12.4 Å². The third kappa shape index (κ3) is 4.06. The van der Waals surface area contributed by atoms with Gasteiger partial charge in [0.25, 0.3) is 10.1 Å². The largest absolute Gasteiger partial charge is 0.378 e. The minimum atomic E-state index is -3.81. The van der Waals surface area contributed by atoms with E-state index in [4.69, 9.17) is 9.29 Å². The first-order valence-corrected chi connectivity index (χ1v) is 6.19. The minimum Gasteiger partial charge on any atom is -0.378 e. The molecule has 0 radical (unpaired) electrons. The van der Waals surface area contributed by atoms with Crippen molar-refractivity contribution >= 4 is 10.1 Å². The molecule has 0 amide bonds. The Morgan fingerprint density at radius 1 is 1.54 bits per heavy atom. The fraction of sp³-hybridized carbons (Fsp3) is 1.00. The Bertz CT molecular complexity index is 247. The van der Waals surface area contributed by atoms with Crippen molar-refractivity contribution in [2.45, 2.75) is 32.3 Å². The molecule has 1 rings (SSSR count). The predicted molar refractivity (Wildman–Crippen MR) is 49.2 cm³/mol. The van der Waals surface area contributed by atoms with Gasteiger partial charge in [-0.05, 0) is 25.2 Å². The van der Waals surface area contributed by atoms with Crippen LogP contribution in [-0.2, 0) is 14.9 Å². The second-order valence-corrected chi connectivity index (χ2v) is 5.04. The first kappa shape index (κ1) is 10.9. The number of ether oxygens (including phenoxy) is 1. The molecule has 5 heteroatoms. The van der Waals surface area contributed by atoms with Crippen LogP contribution in [0.25, 0.3) is 0 Å². The molecule has 4 nitrogen and oxygen atoms in total. The fourth-order valence-corrected chi connectivity index (χ4v) is 2.59. The minimum absolute atomic E-state index is 0.0636. The van der Waals surface area contributed by atoms with E-state index >= 15 is 0 Å². The van der Waals surface area contributed by atoms with E-state index in [0.717, 1.165) is 19.3 Å². The van der Waals surface area contributed by atoms with Gasteiger partial charge in [-0.25, -0.2) is 0 Å². The highest BCUT2D eigenvalue weighted by Gasteiger charge is 2.24. The van der Waals surface area contributed by atoms with Gasteiger partial charge in [-0.3, -0.25) is 4.55 Å². The lowest BCUT2D eigenvalue weighted by Crippen LogP contribution is -2.29. The van der Waals surface area contributed by atoms with Gasteiger partial charge < -0.3 is 4.74 Å². The van der Waals surface area contributed by atoms with Gasteiger partial charge in [-0.15, -0.1) is 0 Å². The molecule has 1 N–H and O–H groups in total.